The summed E-state index contributed by atoms with van der Waals surface area (Å²) in [6, 6.07) is 0. The van der Waals surface area contributed by atoms with E-state index in [1.807, 2.05) is 0 Å². The lowest BCUT2D eigenvalue weighted by Gasteiger charge is -2.35. The number of rotatable bonds is 6. The Hall–Kier alpha value is -0.570. The zero-order valence-electron chi connectivity index (χ0n) is 12.3. The van der Waals surface area contributed by atoms with Gasteiger partial charge in [-0.3, -0.25) is 0 Å². The third-order valence-electron chi connectivity index (χ3n) is 3.93. The molecule has 0 radical (unpaired) electrons. The summed E-state index contributed by atoms with van der Waals surface area (Å²) in [4.78, 5) is 11.7. The molecule has 0 aliphatic heterocycles. The first-order valence-corrected chi connectivity index (χ1v) is 7.22. The molecule has 1 unspecified atom stereocenters. The van der Waals surface area contributed by atoms with E-state index in [1.165, 1.54) is 20.0 Å². The second-order valence-corrected chi connectivity index (χ2v) is 6.15. The summed E-state index contributed by atoms with van der Waals surface area (Å²) in [7, 11) is 1.44. The van der Waals surface area contributed by atoms with Crippen LogP contribution in [0.15, 0.2) is 0 Å². The van der Waals surface area contributed by atoms with Crippen LogP contribution in [0.4, 0.5) is 0 Å². The van der Waals surface area contributed by atoms with Crippen LogP contribution in [0.5, 0.6) is 0 Å². The van der Waals surface area contributed by atoms with E-state index in [1.54, 1.807) is 0 Å². The Balaban J connectivity index is 2.43. The molecule has 0 aromatic heterocycles. The minimum atomic E-state index is -0.360. The average Bonchev–Trinajstić information content (AvgIpc) is 2.35. The number of ether oxygens (including phenoxy) is 2. The molecular formula is C15H28O3. The second kappa shape index (κ2) is 7.13. The van der Waals surface area contributed by atoms with Crippen molar-refractivity contribution in [2.45, 2.75) is 77.9 Å². The van der Waals surface area contributed by atoms with Gasteiger partial charge in [0.25, 0.3) is 0 Å². The van der Waals surface area contributed by atoms with Gasteiger partial charge < -0.3 is 9.47 Å². The summed E-state index contributed by atoms with van der Waals surface area (Å²) in [6.45, 7) is 6.73. The Kier molecular flexibility index (Phi) is 6.13. The lowest BCUT2D eigenvalue weighted by atomic mass is 9.76. The predicted molar refractivity (Wildman–Crippen MR) is 72.5 cm³/mol. The number of carbonyl (C=O) groups is 1. The van der Waals surface area contributed by atoms with Crippen LogP contribution in [0.1, 0.15) is 65.7 Å². The highest BCUT2D eigenvalue weighted by molar-refractivity contribution is 5.74. The molecule has 1 aliphatic carbocycles. The van der Waals surface area contributed by atoms with Crippen LogP contribution in [-0.2, 0) is 14.3 Å². The number of esters is 1. The molecule has 0 N–H and O–H groups in total. The van der Waals surface area contributed by atoms with Crippen LogP contribution in [-0.4, -0.2) is 25.3 Å². The van der Waals surface area contributed by atoms with Crippen molar-refractivity contribution in [3.63, 3.8) is 0 Å². The lowest BCUT2D eigenvalue weighted by molar-refractivity contribution is -0.160. The Morgan fingerprint density at radius 3 is 2.44 bits per heavy atom. The summed E-state index contributed by atoms with van der Waals surface area (Å²) in [5, 5.41) is 0. The Morgan fingerprint density at radius 1 is 1.33 bits per heavy atom. The highest BCUT2D eigenvalue weighted by atomic mass is 16.6. The summed E-state index contributed by atoms with van der Waals surface area (Å²) in [5.41, 5.74) is 0.435. The second-order valence-electron chi connectivity index (χ2n) is 6.15. The zero-order valence-corrected chi connectivity index (χ0v) is 12.3. The van der Waals surface area contributed by atoms with Crippen LogP contribution >= 0.6 is 0 Å². The molecule has 0 heterocycles. The number of unbranched alkanes of at least 4 members (excludes halogenated alkanes) is 1. The first-order chi connectivity index (χ1) is 8.48. The van der Waals surface area contributed by atoms with Crippen molar-refractivity contribution >= 4 is 5.97 Å². The van der Waals surface area contributed by atoms with Crippen molar-refractivity contribution in [3.05, 3.63) is 0 Å². The molecular weight excluding hydrogens is 228 g/mol. The smallest absolute Gasteiger partial charge is 0.334 e. The number of hydrogen-bond acceptors (Lipinski definition) is 3. The molecule has 1 rings (SSSR count). The molecule has 1 fully saturated rings. The van der Waals surface area contributed by atoms with E-state index in [4.69, 9.17) is 9.47 Å². The van der Waals surface area contributed by atoms with Crippen LogP contribution in [0.2, 0.25) is 0 Å². The summed E-state index contributed by atoms with van der Waals surface area (Å²) < 4.78 is 10.8. The molecule has 1 saturated carbocycles. The molecule has 1 atom stereocenters. The van der Waals surface area contributed by atoms with E-state index in [9.17, 15) is 4.79 Å². The highest BCUT2D eigenvalue weighted by Gasteiger charge is 2.30. The first kappa shape index (κ1) is 15.5. The third-order valence-corrected chi connectivity index (χ3v) is 3.93. The fourth-order valence-electron chi connectivity index (χ4n) is 2.50. The maximum atomic E-state index is 11.7. The predicted octanol–water partition coefficient (Wildman–Crippen LogP) is 3.70. The standard InChI is InChI=1S/C15H28O3/c1-5-6-7-13(14(16)17-4)18-12-8-10-15(2,3)11-9-12/h12-13H,5-11H2,1-4H3. The molecule has 3 nitrogen and oxygen atoms in total. The van der Waals surface area contributed by atoms with E-state index >= 15 is 0 Å². The SMILES string of the molecule is CCCCC(OC1CCC(C)(C)CC1)C(=O)OC. The van der Waals surface area contributed by atoms with E-state index in [0.717, 1.165) is 32.1 Å². The van der Waals surface area contributed by atoms with Gasteiger partial charge in [0, 0.05) is 0 Å². The Morgan fingerprint density at radius 2 is 1.94 bits per heavy atom. The quantitative estimate of drug-likeness (QED) is 0.680. The van der Waals surface area contributed by atoms with E-state index in [2.05, 4.69) is 20.8 Å². The van der Waals surface area contributed by atoms with E-state index < -0.39 is 0 Å². The molecule has 0 aromatic carbocycles. The van der Waals surface area contributed by atoms with Crippen LogP contribution in [0.3, 0.4) is 0 Å². The van der Waals surface area contributed by atoms with E-state index in [0.29, 0.717) is 5.41 Å². The number of methoxy groups -OCH3 is 1. The lowest BCUT2D eigenvalue weighted by Crippen LogP contribution is -2.34. The van der Waals surface area contributed by atoms with Crippen molar-refractivity contribution in [1.29, 1.82) is 0 Å². The molecule has 18 heavy (non-hydrogen) atoms. The van der Waals surface area contributed by atoms with Gasteiger partial charge in [0.1, 0.15) is 0 Å². The normalized spacial score (nSPS) is 21.6. The zero-order chi connectivity index (χ0) is 13.6. The minimum absolute atomic E-state index is 0.215. The van der Waals surface area contributed by atoms with Gasteiger partial charge in [-0.05, 0) is 37.5 Å². The molecule has 0 spiro atoms. The van der Waals surface area contributed by atoms with Crippen LogP contribution < -0.4 is 0 Å². The molecule has 0 amide bonds. The largest absolute Gasteiger partial charge is 0.467 e. The van der Waals surface area contributed by atoms with Crippen molar-refractivity contribution in [2.24, 2.45) is 5.41 Å². The van der Waals surface area contributed by atoms with Gasteiger partial charge in [-0.1, -0.05) is 33.6 Å². The van der Waals surface area contributed by atoms with Gasteiger partial charge in [0.2, 0.25) is 0 Å². The molecule has 0 bridgehead atoms. The Bertz CT molecular complexity index is 250. The van der Waals surface area contributed by atoms with Crippen LogP contribution in [0.25, 0.3) is 0 Å². The van der Waals surface area contributed by atoms with Gasteiger partial charge in [-0.15, -0.1) is 0 Å². The average molecular weight is 256 g/mol. The highest BCUT2D eigenvalue weighted by Crippen LogP contribution is 2.36. The van der Waals surface area contributed by atoms with Crippen molar-refractivity contribution < 1.29 is 14.3 Å². The summed E-state index contributed by atoms with van der Waals surface area (Å²) in [6.07, 6.45) is 7.23. The monoisotopic (exact) mass is 256 g/mol. The summed E-state index contributed by atoms with van der Waals surface area (Å²) in [5.74, 6) is -0.215. The summed E-state index contributed by atoms with van der Waals surface area (Å²) >= 11 is 0. The van der Waals surface area contributed by atoms with E-state index in [-0.39, 0.29) is 18.2 Å². The molecule has 106 valence electrons. The Labute approximate surface area is 111 Å². The maximum Gasteiger partial charge on any atom is 0.334 e. The van der Waals surface area contributed by atoms with Crippen LogP contribution in [0, 0.1) is 5.41 Å². The molecule has 0 aromatic rings. The fraction of sp³-hybridized carbons (Fsp3) is 0.933. The molecule has 3 heteroatoms. The van der Waals surface area contributed by atoms with Gasteiger partial charge in [-0.25, -0.2) is 4.79 Å². The molecule has 1 aliphatic rings. The van der Waals surface area contributed by atoms with Crippen molar-refractivity contribution in [1.82, 2.24) is 0 Å². The van der Waals surface area contributed by atoms with Gasteiger partial charge in [0.05, 0.1) is 13.2 Å². The van der Waals surface area contributed by atoms with Crippen molar-refractivity contribution in [2.75, 3.05) is 7.11 Å². The number of carbonyl (C=O) groups excluding carboxylic acids is 1. The van der Waals surface area contributed by atoms with Gasteiger partial charge in [0.15, 0.2) is 6.10 Å². The molecule has 0 saturated heterocycles. The third kappa shape index (κ3) is 4.97. The minimum Gasteiger partial charge on any atom is -0.467 e. The maximum absolute atomic E-state index is 11.7. The van der Waals surface area contributed by atoms with Gasteiger partial charge in [-0.2, -0.15) is 0 Å². The van der Waals surface area contributed by atoms with Crippen molar-refractivity contribution in [3.8, 4) is 0 Å². The van der Waals surface area contributed by atoms with Gasteiger partial charge >= 0.3 is 5.97 Å². The topological polar surface area (TPSA) is 35.5 Å². The fourth-order valence-corrected chi connectivity index (χ4v) is 2.50. The number of hydrogen-bond donors (Lipinski definition) is 0. The first-order valence-electron chi connectivity index (χ1n) is 7.22.